The van der Waals surface area contributed by atoms with Crippen LogP contribution in [0.5, 0.6) is 0 Å². The molecule has 0 unspecified atom stereocenters. The molecule has 0 saturated heterocycles. The average Bonchev–Trinajstić information content (AvgIpc) is 3.07. The minimum Gasteiger partial charge on any atom is -0.387 e. The van der Waals surface area contributed by atoms with Gasteiger partial charge in [0.1, 0.15) is 0 Å². The molecule has 1 heterocycles. The van der Waals surface area contributed by atoms with Crippen molar-refractivity contribution in [2.45, 2.75) is 31.3 Å². The van der Waals surface area contributed by atoms with Gasteiger partial charge < -0.3 is 5.32 Å². The maximum absolute atomic E-state index is 13.6. The summed E-state index contributed by atoms with van der Waals surface area (Å²) in [5.74, 6) is 0. The van der Waals surface area contributed by atoms with E-state index in [-0.39, 0.29) is 28.6 Å². The van der Waals surface area contributed by atoms with E-state index in [0.29, 0.717) is 17.8 Å². The topological polar surface area (TPSA) is 51.1 Å². The molecule has 0 aliphatic heterocycles. The molecule has 1 N–H and O–H groups in total. The molecule has 0 radical (unpaired) electrons. The lowest BCUT2D eigenvalue weighted by Crippen LogP contribution is -2.18. The van der Waals surface area contributed by atoms with Crippen LogP contribution in [0.3, 0.4) is 0 Å². The Morgan fingerprint density at radius 2 is 1.63 bits per heavy atom. The fourth-order valence-electron chi connectivity index (χ4n) is 3.31. The molecule has 9 heteroatoms. The van der Waals surface area contributed by atoms with Crippen molar-refractivity contribution in [2.24, 2.45) is 0 Å². The van der Waals surface area contributed by atoms with Crippen LogP contribution in [-0.2, 0) is 22.6 Å². The first-order chi connectivity index (χ1) is 13.6. The maximum Gasteiger partial charge on any atom is 0.417 e. The van der Waals surface area contributed by atoms with Gasteiger partial charge in [0.05, 0.1) is 27.5 Å². The summed E-state index contributed by atoms with van der Waals surface area (Å²) in [6.07, 6.45) is -4.30. The molecule has 3 aromatic rings. The molecule has 162 valence electrons. The van der Waals surface area contributed by atoms with Crippen LogP contribution < -0.4 is 5.32 Å². The molecule has 0 amide bonds. The van der Waals surface area contributed by atoms with Gasteiger partial charge in [0.2, 0.25) is 0 Å². The summed E-state index contributed by atoms with van der Waals surface area (Å²) in [6, 6.07) is 12.7. The van der Waals surface area contributed by atoms with Gasteiger partial charge in [-0.3, -0.25) is 0 Å². The Kier molecular flexibility index (Phi) is 6.94. The summed E-state index contributed by atoms with van der Waals surface area (Å²) in [6.45, 7) is 3.59. The molecule has 0 atom stereocenters. The van der Waals surface area contributed by atoms with E-state index in [2.05, 4.69) is 5.32 Å². The lowest BCUT2D eigenvalue weighted by molar-refractivity contribution is -0.137. The largest absolute Gasteiger partial charge is 0.417 e. The van der Waals surface area contributed by atoms with Crippen LogP contribution in [0.25, 0.3) is 11.3 Å². The van der Waals surface area contributed by atoms with Crippen LogP contribution in [0.1, 0.15) is 23.7 Å². The zero-order valence-corrected chi connectivity index (χ0v) is 18.3. The zero-order valence-electron chi connectivity index (χ0n) is 16.6. The first-order valence-electron chi connectivity index (χ1n) is 9.02. The fraction of sp³-hybridized carbons (Fsp3) is 0.238. The minimum absolute atomic E-state index is 0. The van der Waals surface area contributed by atoms with E-state index in [1.165, 1.54) is 36.4 Å². The molecule has 1 aromatic heterocycles. The Balaban J connectivity index is 0.00000320. The van der Waals surface area contributed by atoms with Crippen molar-refractivity contribution in [3.63, 3.8) is 0 Å². The van der Waals surface area contributed by atoms with Gasteiger partial charge in [-0.1, -0.05) is 42.8 Å². The number of aryl methyl sites for hydroxylation is 1. The van der Waals surface area contributed by atoms with Crippen molar-refractivity contribution < 1.29 is 21.6 Å². The number of anilines is 1. The normalized spacial score (nSPS) is 11.8. The third kappa shape index (κ3) is 4.20. The molecule has 0 fully saturated rings. The maximum atomic E-state index is 13.6. The Labute approximate surface area is 180 Å². The summed E-state index contributed by atoms with van der Waals surface area (Å²) in [5, 5.41) is 2.90. The minimum atomic E-state index is -4.62. The Bertz CT molecular complexity index is 1140. The summed E-state index contributed by atoms with van der Waals surface area (Å²) >= 11 is 0. The monoisotopic (exact) mass is 458 g/mol. The summed E-state index contributed by atoms with van der Waals surface area (Å²) in [7, 11) is -2.51. The molecule has 0 aliphatic carbocycles. The van der Waals surface area contributed by atoms with Crippen molar-refractivity contribution >= 4 is 28.1 Å². The van der Waals surface area contributed by atoms with Crippen LogP contribution in [0, 0.1) is 6.92 Å². The first kappa shape index (κ1) is 23.8. The third-order valence-electron chi connectivity index (χ3n) is 4.73. The summed E-state index contributed by atoms with van der Waals surface area (Å²) < 4.78 is 68.8. The molecule has 0 bridgehead atoms. The van der Waals surface area contributed by atoms with Gasteiger partial charge in [0, 0.05) is 12.6 Å². The number of alkyl halides is 3. The number of nitrogens with zero attached hydrogens (tertiary/aromatic N) is 1. The highest BCUT2D eigenvalue weighted by Crippen LogP contribution is 2.40. The number of halogens is 4. The number of hydrogen-bond donors (Lipinski definition) is 1. The van der Waals surface area contributed by atoms with E-state index in [1.54, 1.807) is 26.1 Å². The highest BCUT2D eigenvalue weighted by atomic mass is 35.5. The van der Waals surface area contributed by atoms with Gasteiger partial charge in [-0.2, -0.15) is 13.2 Å². The van der Waals surface area contributed by atoms with Crippen LogP contribution >= 0.6 is 12.4 Å². The lowest BCUT2D eigenvalue weighted by Gasteiger charge is -2.17. The van der Waals surface area contributed by atoms with Crippen molar-refractivity contribution in [1.29, 1.82) is 0 Å². The molecule has 0 saturated carbocycles. The van der Waals surface area contributed by atoms with E-state index < -0.39 is 21.8 Å². The van der Waals surface area contributed by atoms with Gasteiger partial charge in [0.25, 0.3) is 10.0 Å². The van der Waals surface area contributed by atoms with E-state index >= 15 is 0 Å². The highest BCUT2D eigenvalue weighted by molar-refractivity contribution is 7.90. The fourth-order valence-corrected chi connectivity index (χ4v) is 4.93. The predicted octanol–water partition coefficient (Wildman–Crippen LogP) is 5.75. The SMILES string of the molecule is CCc1c(NC)cc(-c2ccccc2C(F)(F)F)n1S(=O)(=O)c1ccc(C)cc1.Cl. The van der Waals surface area contributed by atoms with Crippen molar-refractivity contribution in [1.82, 2.24) is 3.97 Å². The smallest absolute Gasteiger partial charge is 0.387 e. The third-order valence-corrected chi connectivity index (χ3v) is 6.49. The van der Waals surface area contributed by atoms with Gasteiger partial charge in [-0.15, -0.1) is 12.4 Å². The van der Waals surface area contributed by atoms with E-state index in [4.69, 9.17) is 0 Å². The highest BCUT2D eigenvalue weighted by Gasteiger charge is 2.36. The predicted molar refractivity (Wildman–Crippen MR) is 115 cm³/mol. The van der Waals surface area contributed by atoms with Gasteiger partial charge in [-0.25, -0.2) is 12.4 Å². The number of nitrogens with one attached hydrogen (secondary N) is 1. The van der Waals surface area contributed by atoms with Gasteiger partial charge in [-0.05, 0) is 37.6 Å². The number of hydrogen-bond acceptors (Lipinski definition) is 3. The summed E-state index contributed by atoms with van der Waals surface area (Å²) in [5.41, 5.74) is 0.635. The quantitative estimate of drug-likeness (QED) is 0.530. The molecule has 3 rings (SSSR count). The van der Waals surface area contributed by atoms with E-state index in [1.807, 2.05) is 6.92 Å². The number of benzene rings is 2. The van der Waals surface area contributed by atoms with Crippen LogP contribution in [0.4, 0.5) is 18.9 Å². The van der Waals surface area contributed by atoms with Gasteiger partial charge in [0.15, 0.2) is 0 Å². The van der Waals surface area contributed by atoms with Crippen molar-refractivity contribution in [3.8, 4) is 11.3 Å². The molecule has 0 spiro atoms. The Morgan fingerprint density at radius 1 is 1.03 bits per heavy atom. The molecular weight excluding hydrogens is 437 g/mol. The van der Waals surface area contributed by atoms with Gasteiger partial charge >= 0.3 is 6.18 Å². The lowest BCUT2D eigenvalue weighted by atomic mass is 10.0. The van der Waals surface area contributed by atoms with Crippen molar-refractivity contribution in [2.75, 3.05) is 12.4 Å². The second kappa shape index (κ2) is 8.73. The average molecular weight is 459 g/mol. The molecule has 2 aromatic carbocycles. The number of aromatic nitrogens is 1. The number of rotatable bonds is 5. The second-order valence-electron chi connectivity index (χ2n) is 6.62. The van der Waals surface area contributed by atoms with E-state index in [0.717, 1.165) is 15.6 Å². The molecule has 30 heavy (non-hydrogen) atoms. The molecule has 4 nitrogen and oxygen atoms in total. The molecule has 0 aliphatic rings. The second-order valence-corrected chi connectivity index (χ2v) is 8.41. The van der Waals surface area contributed by atoms with Crippen LogP contribution in [0.2, 0.25) is 0 Å². The summed E-state index contributed by atoms with van der Waals surface area (Å²) in [4.78, 5) is 0.0155. The van der Waals surface area contributed by atoms with Crippen molar-refractivity contribution in [3.05, 3.63) is 71.4 Å². The first-order valence-corrected chi connectivity index (χ1v) is 10.5. The van der Waals surface area contributed by atoms with E-state index in [9.17, 15) is 21.6 Å². The standard InChI is InChI=1S/C21H21F3N2O2S.ClH/c1-4-19-18(25-3)13-20(16-7-5-6-8-17(16)21(22,23)24)26(19)29(27,28)15-11-9-14(2)10-12-15;/h5-13,25H,4H2,1-3H3;1H. The Morgan fingerprint density at radius 3 is 2.17 bits per heavy atom. The van der Waals surface area contributed by atoms with Crippen LogP contribution in [0.15, 0.2) is 59.5 Å². The zero-order chi connectivity index (χ0) is 21.4. The molecular formula is C21H22ClF3N2O2S. The Hall–Kier alpha value is -2.45. The van der Waals surface area contributed by atoms with Crippen LogP contribution in [-0.4, -0.2) is 19.4 Å².